The van der Waals surface area contributed by atoms with E-state index in [0.717, 1.165) is 99.1 Å². The van der Waals surface area contributed by atoms with E-state index in [1.165, 1.54) is 26.6 Å². The number of carbonyl (C=O) groups excluding carboxylic acids is 2. The highest BCUT2D eigenvalue weighted by Crippen LogP contribution is 2.22. The van der Waals surface area contributed by atoms with Crippen molar-refractivity contribution in [1.29, 1.82) is 0 Å². The van der Waals surface area contributed by atoms with E-state index in [1.54, 1.807) is 36.4 Å². The molecule has 2 aliphatic heterocycles. The number of likely N-dealkylation sites (N-methyl/N-ethyl adjacent to an activating group) is 2. The third-order valence-electron chi connectivity index (χ3n) is 11.1. The van der Waals surface area contributed by atoms with Crippen molar-refractivity contribution < 1.29 is 24.2 Å². The molecule has 5 heterocycles. The van der Waals surface area contributed by atoms with Crippen molar-refractivity contribution in [2.24, 2.45) is 0 Å². The Morgan fingerprint density at radius 3 is 1.31 bits per heavy atom. The monoisotopic (exact) mass is 1020 g/mol. The number of aliphatic hydroxyl groups is 1. The molecule has 3 aromatic heterocycles. The van der Waals surface area contributed by atoms with Gasteiger partial charge in [-0.3, -0.25) is 0 Å². The second-order valence-corrected chi connectivity index (χ2v) is 16.9. The predicted octanol–water partition coefficient (Wildman–Crippen LogP) is 6.40. The molecule has 3 aromatic carbocycles. The molecule has 0 spiro atoms. The Kier molecular flexibility index (Phi) is 24.1. The van der Waals surface area contributed by atoms with Gasteiger partial charge in [-0.1, -0.05) is 42.5 Å². The fourth-order valence-electron chi connectivity index (χ4n) is 6.90. The minimum absolute atomic E-state index is 0. The van der Waals surface area contributed by atoms with Gasteiger partial charge in [0.25, 0.3) is 0 Å². The van der Waals surface area contributed by atoms with Crippen molar-refractivity contribution in [3.8, 4) is 34.2 Å². The van der Waals surface area contributed by atoms with Gasteiger partial charge in [-0.25, -0.2) is 39.5 Å². The summed E-state index contributed by atoms with van der Waals surface area (Å²) < 4.78 is 9.39. The summed E-state index contributed by atoms with van der Waals surface area (Å²) in [6, 6.07) is 21.8. The molecule has 6 aromatic rings. The molecule has 3 N–H and O–H groups in total. The average Bonchev–Trinajstić information content (AvgIpc) is 3.40. The number of aliphatic hydroxyl groups excluding tert-OH is 1. The summed E-state index contributed by atoms with van der Waals surface area (Å²) in [7, 11) is 8.99. The van der Waals surface area contributed by atoms with Crippen molar-refractivity contribution in [2.45, 2.75) is 6.61 Å². The van der Waals surface area contributed by atoms with Gasteiger partial charge >= 0.3 is 11.9 Å². The molecule has 17 nitrogen and oxygen atoms in total. The average molecular weight is 1020 g/mol. The topological polar surface area (TPSA) is 192 Å². The highest BCUT2D eigenvalue weighted by atomic mass is 35.5. The normalized spacial score (nSPS) is 13.6. The zero-order valence-electron chi connectivity index (χ0n) is 40.3. The Hall–Kier alpha value is -6.05. The van der Waals surface area contributed by atoms with E-state index in [9.17, 15) is 14.7 Å². The SMILES string of the molecule is CN(CCCl)CCCl.CN1CCN(c2cnc(-c3cccc(CO)c3)nc2)CC1.COC(=O)c1cccc(-c2ncc(N)cn2)c1.COC(=O)c1cccc(-c2ncc(N3CCN(C)CC3)cn2)c1.Cl. The van der Waals surface area contributed by atoms with Gasteiger partial charge in [0.2, 0.25) is 0 Å². The van der Waals surface area contributed by atoms with Gasteiger partial charge in [-0.05, 0) is 57.0 Å². The molecule has 2 aliphatic rings. The van der Waals surface area contributed by atoms with Crippen molar-refractivity contribution in [2.75, 3.05) is 128 Å². The molecule has 8 rings (SSSR count). The molecular formula is C50H63Cl3N12O5. The van der Waals surface area contributed by atoms with Crippen molar-refractivity contribution in [1.82, 2.24) is 44.6 Å². The van der Waals surface area contributed by atoms with Crippen LogP contribution < -0.4 is 15.5 Å². The Labute approximate surface area is 427 Å². The van der Waals surface area contributed by atoms with Gasteiger partial charge in [-0.15, -0.1) is 35.6 Å². The highest BCUT2D eigenvalue weighted by molar-refractivity contribution is 6.18. The lowest BCUT2D eigenvalue weighted by Gasteiger charge is -2.33. The van der Waals surface area contributed by atoms with Crippen LogP contribution in [0.1, 0.15) is 26.3 Å². The Morgan fingerprint density at radius 2 is 0.957 bits per heavy atom. The number of nitrogen functional groups attached to an aromatic ring is 1. The van der Waals surface area contributed by atoms with Crippen LogP contribution in [0.5, 0.6) is 0 Å². The van der Waals surface area contributed by atoms with Gasteiger partial charge in [0.15, 0.2) is 17.5 Å². The van der Waals surface area contributed by atoms with E-state index in [1.807, 2.05) is 68.2 Å². The molecule has 0 aliphatic carbocycles. The summed E-state index contributed by atoms with van der Waals surface area (Å²) >= 11 is 10.9. The van der Waals surface area contributed by atoms with Crippen LogP contribution in [0.15, 0.2) is 110 Å². The molecule has 0 amide bonds. The molecule has 374 valence electrons. The minimum Gasteiger partial charge on any atom is -0.465 e. The molecule has 2 saturated heterocycles. The Morgan fingerprint density at radius 1 is 0.600 bits per heavy atom. The molecule has 20 heteroatoms. The summed E-state index contributed by atoms with van der Waals surface area (Å²) in [6.45, 7) is 10.1. The first-order chi connectivity index (χ1) is 33.4. The van der Waals surface area contributed by atoms with Gasteiger partial charge in [-0.2, -0.15) is 0 Å². The number of nitrogens with zero attached hydrogens (tertiary/aromatic N) is 11. The maximum atomic E-state index is 11.6. The first-order valence-corrected chi connectivity index (χ1v) is 23.5. The first kappa shape index (κ1) is 56.5. The lowest BCUT2D eigenvalue weighted by atomic mass is 10.1. The smallest absolute Gasteiger partial charge is 0.337 e. The van der Waals surface area contributed by atoms with Crippen LogP contribution in [0.4, 0.5) is 17.1 Å². The van der Waals surface area contributed by atoms with E-state index >= 15 is 0 Å². The second kappa shape index (κ2) is 29.9. The maximum Gasteiger partial charge on any atom is 0.337 e. The van der Waals surface area contributed by atoms with Crippen LogP contribution in [-0.2, 0) is 16.1 Å². The fraction of sp³-hybridized carbons (Fsp3) is 0.360. The summed E-state index contributed by atoms with van der Waals surface area (Å²) in [5.41, 5.74) is 12.4. The number of anilines is 3. The van der Waals surface area contributed by atoms with Crippen LogP contribution in [0.2, 0.25) is 0 Å². The number of rotatable bonds is 12. The lowest BCUT2D eigenvalue weighted by Crippen LogP contribution is -2.44. The third-order valence-corrected chi connectivity index (χ3v) is 11.4. The fourth-order valence-corrected chi connectivity index (χ4v) is 7.48. The van der Waals surface area contributed by atoms with Gasteiger partial charge in [0.1, 0.15) is 0 Å². The molecular weight excluding hydrogens is 955 g/mol. The van der Waals surface area contributed by atoms with Crippen LogP contribution in [-0.4, -0.2) is 174 Å². The van der Waals surface area contributed by atoms with Crippen molar-refractivity contribution in [3.63, 3.8) is 0 Å². The largest absolute Gasteiger partial charge is 0.465 e. The number of carbonyl (C=O) groups is 2. The molecule has 0 atom stereocenters. The van der Waals surface area contributed by atoms with E-state index < -0.39 is 0 Å². The standard InChI is InChI=1S/C17H20N4O2.C16H20N4O.C12H11N3O2.C5H11Cl2N.ClH/c1-20-6-8-21(9-7-20)15-11-18-16(19-12-15)13-4-3-5-14(10-13)17(22)23-2;1-19-5-7-20(8-6-19)15-10-17-16(18-11-15)14-4-2-3-13(9-14)12-21;1-17-12(16)9-4-2-3-8(5-9)11-14-6-10(13)7-15-11;1-8(4-2-6)5-3-7;/h3-5,10-12H,6-9H2,1-2H3;2-4,9-11,21H,5-8,12H2,1H3;2-7H,13H2,1H3;2-5H2,1H3;1H. The quantitative estimate of drug-likeness (QED) is 0.101. The van der Waals surface area contributed by atoms with E-state index in [4.69, 9.17) is 33.7 Å². The zero-order valence-corrected chi connectivity index (χ0v) is 42.7. The van der Waals surface area contributed by atoms with Crippen molar-refractivity contribution >= 4 is 64.6 Å². The van der Waals surface area contributed by atoms with Crippen LogP contribution >= 0.6 is 35.6 Å². The van der Waals surface area contributed by atoms with E-state index in [-0.39, 0.29) is 31.0 Å². The van der Waals surface area contributed by atoms with Crippen LogP contribution in [0, 0.1) is 0 Å². The number of ether oxygens (including phenoxy) is 2. The minimum atomic E-state index is -0.387. The zero-order chi connectivity index (χ0) is 49.5. The van der Waals surface area contributed by atoms with E-state index in [0.29, 0.717) is 46.0 Å². The highest BCUT2D eigenvalue weighted by Gasteiger charge is 2.17. The number of hydrogen-bond donors (Lipinski definition) is 2. The van der Waals surface area contributed by atoms with Crippen LogP contribution in [0.3, 0.4) is 0 Å². The van der Waals surface area contributed by atoms with Crippen molar-refractivity contribution in [3.05, 3.63) is 127 Å². The van der Waals surface area contributed by atoms with Gasteiger partial charge in [0, 0.05) is 93.9 Å². The predicted molar refractivity (Wildman–Crippen MR) is 281 cm³/mol. The number of esters is 2. The maximum absolute atomic E-state index is 11.6. The molecule has 0 unspecified atom stereocenters. The number of hydrogen-bond acceptors (Lipinski definition) is 17. The third kappa shape index (κ3) is 17.7. The molecule has 0 bridgehead atoms. The number of methoxy groups -OCH3 is 2. The van der Waals surface area contributed by atoms with Gasteiger partial charge < -0.3 is 44.8 Å². The summed E-state index contributed by atoms with van der Waals surface area (Å²) in [6.07, 6.45) is 10.5. The molecule has 70 heavy (non-hydrogen) atoms. The number of nitrogens with two attached hydrogens (primary N) is 1. The summed E-state index contributed by atoms with van der Waals surface area (Å²) in [4.78, 5) is 60.3. The number of benzene rings is 3. The Bertz CT molecular complexity index is 2470. The number of alkyl halides is 2. The second-order valence-electron chi connectivity index (χ2n) is 16.1. The van der Waals surface area contributed by atoms with E-state index in [2.05, 4.69) is 73.2 Å². The number of piperazine rings is 2. The number of aromatic nitrogens is 6. The van der Waals surface area contributed by atoms with Crippen LogP contribution in [0.25, 0.3) is 34.2 Å². The first-order valence-electron chi connectivity index (χ1n) is 22.4. The lowest BCUT2D eigenvalue weighted by molar-refractivity contribution is 0.0592. The molecule has 2 fully saturated rings. The van der Waals surface area contributed by atoms with Gasteiger partial charge in [0.05, 0.1) is 86.2 Å². The number of halogens is 3. The molecule has 0 radical (unpaired) electrons. The summed E-state index contributed by atoms with van der Waals surface area (Å²) in [5, 5.41) is 9.19. The molecule has 0 saturated carbocycles. The summed E-state index contributed by atoms with van der Waals surface area (Å²) in [5.74, 6) is 2.45. The Balaban J connectivity index is 0.000000212.